The highest BCUT2D eigenvalue weighted by Gasteiger charge is 2.19. The van der Waals surface area contributed by atoms with Crippen LogP contribution in [0.2, 0.25) is 0 Å². The number of aliphatic hydroxyl groups excluding tert-OH is 1. The highest BCUT2D eigenvalue weighted by Crippen LogP contribution is 2.40. The second-order valence-electron chi connectivity index (χ2n) is 12.5. The molecule has 0 saturated carbocycles. The van der Waals surface area contributed by atoms with E-state index in [4.69, 9.17) is 14.7 Å². The molecule has 0 radical (unpaired) electrons. The van der Waals surface area contributed by atoms with E-state index in [1.807, 2.05) is 30.3 Å². The summed E-state index contributed by atoms with van der Waals surface area (Å²) in [7, 11) is 0. The summed E-state index contributed by atoms with van der Waals surface area (Å²) >= 11 is 0. The van der Waals surface area contributed by atoms with Gasteiger partial charge in [0.1, 0.15) is 11.5 Å². The van der Waals surface area contributed by atoms with E-state index in [-0.39, 0.29) is 6.61 Å². The highest BCUT2D eigenvalue weighted by atomic mass is 16.5. The molecule has 49 heavy (non-hydrogen) atoms. The lowest BCUT2D eigenvalue weighted by molar-refractivity contribution is 0.281. The van der Waals surface area contributed by atoms with Crippen LogP contribution in [0.3, 0.4) is 0 Å². The second kappa shape index (κ2) is 10.8. The quantitative estimate of drug-likeness (QED) is 0.181. The Balaban J connectivity index is 1.30. The first-order valence-electron chi connectivity index (χ1n) is 16.3. The maximum atomic E-state index is 9.47. The fraction of sp³-hybridized carbons (Fsp3) is 0.0233. The van der Waals surface area contributed by atoms with Crippen LogP contribution in [0.1, 0.15) is 5.56 Å². The van der Waals surface area contributed by atoms with Crippen molar-refractivity contribution in [3.05, 3.63) is 145 Å². The zero-order valence-corrected chi connectivity index (χ0v) is 26.2. The van der Waals surface area contributed by atoms with E-state index in [2.05, 4.69) is 119 Å². The summed E-state index contributed by atoms with van der Waals surface area (Å²) in [5.74, 6) is 1.42. The first-order valence-corrected chi connectivity index (χ1v) is 16.3. The number of H-pyrrole nitrogens is 2. The van der Waals surface area contributed by atoms with Gasteiger partial charge in [0.15, 0.2) is 0 Å². The molecule has 0 atom stereocenters. The van der Waals surface area contributed by atoms with Crippen molar-refractivity contribution in [2.24, 2.45) is 0 Å². The Morgan fingerprint density at radius 3 is 1.31 bits per heavy atom. The Bertz CT molecular complexity index is 2790. The van der Waals surface area contributed by atoms with Crippen molar-refractivity contribution in [3.8, 4) is 56.5 Å². The van der Waals surface area contributed by atoms with E-state index < -0.39 is 0 Å². The van der Waals surface area contributed by atoms with Gasteiger partial charge in [-0.15, -0.1) is 0 Å². The number of aromatic nitrogens is 4. The molecule has 8 bridgehead atoms. The smallest absolute Gasteiger partial charge is 0.128 e. The standard InChI is InChI=1S/C43H28N4O2/c48-24-25-13-15-26(16-14-25)49-27-17-18-34-35(19-27)43-23-41-33-12-6-5-11-32(33)39(46-41)21-37-29-8-2-1-7-28(29)36(44-37)20-38-30-9-3-4-10-31(30)40(45-38)22-42(34)47-43/h1-23,44,47-48H,24H2. The molecule has 6 heteroatoms. The lowest BCUT2D eigenvalue weighted by atomic mass is 10.0. The summed E-state index contributed by atoms with van der Waals surface area (Å²) in [6.07, 6.45) is 0. The van der Waals surface area contributed by atoms with Gasteiger partial charge in [0.25, 0.3) is 0 Å². The van der Waals surface area contributed by atoms with E-state index in [0.717, 1.165) is 94.2 Å². The van der Waals surface area contributed by atoms with Crippen LogP contribution >= 0.6 is 0 Å². The molecule has 0 unspecified atom stereocenters. The maximum Gasteiger partial charge on any atom is 0.128 e. The van der Waals surface area contributed by atoms with Crippen LogP contribution < -0.4 is 4.74 Å². The van der Waals surface area contributed by atoms with Crippen LogP contribution in [-0.4, -0.2) is 25.0 Å². The molecule has 8 aromatic rings. The third kappa shape index (κ3) is 4.53. The molecule has 10 rings (SSSR count). The Morgan fingerprint density at radius 2 is 0.837 bits per heavy atom. The van der Waals surface area contributed by atoms with Crippen LogP contribution in [0.5, 0.6) is 11.5 Å². The van der Waals surface area contributed by atoms with Crippen LogP contribution in [0.15, 0.2) is 140 Å². The van der Waals surface area contributed by atoms with Crippen molar-refractivity contribution in [2.75, 3.05) is 0 Å². The van der Waals surface area contributed by atoms with Crippen molar-refractivity contribution in [1.29, 1.82) is 0 Å². The van der Waals surface area contributed by atoms with E-state index in [1.54, 1.807) is 0 Å². The number of nitrogens with zero attached hydrogens (tertiary/aromatic N) is 2. The van der Waals surface area contributed by atoms with Crippen molar-refractivity contribution < 1.29 is 9.84 Å². The zero-order valence-electron chi connectivity index (χ0n) is 26.2. The average molecular weight is 633 g/mol. The summed E-state index contributed by atoms with van der Waals surface area (Å²) in [4.78, 5) is 17.9. The third-order valence-corrected chi connectivity index (χ3v) is 9.52. The minimum atomic E-state index is -0.00635. The second-order valence-corrected chi connectivity index (χ2v) is 12.5. The number of hydrogen-bond donors (Lipinski definition) is 3. The fourth-order valence-corrected chi connectivity index (χ4v) is 7.16. The molecule has 3 N–H and O–H groups in total. The average Bonchev–Trinajstić information content (AvgIpc) is 3.87. The highest BCUT2D eigenvalue weighted by molar-refractivity contribution is 6.10. The zero-order chi connectivity index (χ0) is 32.5. The van der Waals surface area contributed by atoms with Crippen LogP contribution in [0.4, 0.5) is 0 Å². The summed E-state index contributed by atoms with van der Waals surface area (Å²) in [5, 5.41) is 13.8. The molecule has 5 aromatic carbocycles. The van der Waals surface area contributed by atoms with Crippen molar-refractivity contribution in [1.82, 2.24) is 19.9 Å². The van der Waals surface area contributed by atoms with Crippen LogP contribution in [0.25, 0.3) is 88.6 Å². The lowest BCUT2D eigenvalue weighted by Gasteiger charge is -2.06. The number of nitrogens with one attached hydrogen (secondary N) is 2. The molecule has 0 amide bonds. The molecule has 0 spiro atoms. The summed E-state index contributed by atoms with van der Waals surface area (Å²) in [5.41, 5.74) is 12.7. The van der Waals surface area contributed by atoms with Crippen molar-refractivity contribution >= 4 is 43.6 Å². The third-order valence-electron chi connectivity index (χ3n) is 9.52. The van der Waals surface area contributed by atoms with Gasteiger partial charge in [-0.3, -0.25) is 0 Å². The summed E-state index contributed by atoms with van der Waals surface area (Å²) < 4.78 is 6.30. The minimum absolute atomic E-state index is 0.00635. The van der Waals surface area contributed by atoms with Gasteiger partial charge in [0, 0.05) is 65.9 Å². The lowest BCUT2D eigenvalue weighted by Crippen LogP contribution is -1.86. The van der Waals surface area contributed by atoms with E-state index >= 15 is 0 Å². The largest absolute Gasteiger partial charge is 0.457 e. The van der Waals surface area contributed by atoms with E-state index in [9.17, 15) is 5.11 Å². The van der Waals surface area contributed by atoms with Crippen LogP contribution in [-0.2, 0) is 6.61 Å². The van der Waals surface area contributed by atoms with E-state index in [1.165, 1.54) is 0 Å². The van der Waals surface area contributed by atoms with E-state index in [0.29, 0.717) is 11.5 Å². The summed E-state index contributed by atoms with van der Waals surface area (Å²) in [6, 6.07) is 47.5. The Morgan fingerprint density at radius 1 is 0.429 bits per heavy atom. The predicted octanol–water partition coefficient (Wildman–Crippen LogP) is 10.6. The Kier molecular flexibility index (Phi) is 6.07. The molecule has 3 aromatic heterocycles. The number of benzene rings is 5. The number of aliphatic hydroxyl groups is 1. The first kappa shape index (κ1) is 27.6. The number of ether oxygens (including phenoxy) is 1. The first-order chi connectivity index (χ1) is 24.2. The molecular formula is C43H28N4O2. The molecule has 232 valence electrons. The van der Waals surface area contributed by atoms with Crippen molar-refractivity contribution in [3.63, 3.8) is 0 Å². The summed E-state index contributed by atoms with van der Waals surface area (Å²) in [6.45, 7) is -0.00635. The van der Waals surface area contributed by atoms with Gasteiger partial charge in [-0.1, -0.05) is 84.9 Å². The van der Waals surface area contributed by atoms with Gasteiger partial charge in [-0.05, 0) is 60.2 Å². The Labute approximate surface area is 281 Å². The molecule has 6 nitrogen and oxygen atoms in total. The molecular weight excluding hydrogens is 604 g/mol. The SMILES string of the molecule is OCc1ccc(Oc2ccc3c4cc5nc(cc6[nH]c(cc7nc(cc([nH]4)c3c2)-c2ccccc2-7)c2ccccc62)-c2ccccc2-5)cc1. The molecule has 2 aliphatic heterocycles. The predicted molar refractivity (Wildman–Crippen MR) is 197 cm³/mol. The van der Waals surface area contributed by atoms with Gasteiger partial charge in [-0.2, -0.15) is 0 Å². The molecule has 0 saturated heterocycles. The number of aromatic amines is 2. The van der Waals surface area contributed by atoms with Gasteiger partial charge < -0.3 is 19.8 Å². The van der Waals surface area contributed by atoms with Crippen LogP contribution in [0, 0.1) is 0 Å². The van der Waals surface area contributed by atoms with Crippen molar-refractivity contribution in [2.45, 2.75) is 6.61 Å². The fourth-order valence-electron chi connectivity index (χ4n) is 7.16. The topological polar surface area (TPSA) is 86.8 Å². The molecule has 2 aliphatic rings. The van der Waals surface area contributed by atoms with Gasteiger partial charge in [0.2, 0.25) is 0 Å². The normalized spacial score (nSPS) is 11.9. The number of rotatable bonds is 3. The number of hydrogen-bond acceptors (Lipinski definition) is 4. The van der Waals surface area contributed by atoms with Gasteiger partial charge in [-0.25, -0.2) is 9.97 Å². The molecule has 5 heterocycles. The maximum absolute atomic E-state index is 9.47. The number of fused-ring (bicyclic) bond motifs is 20. The minimum Gasteiger partial charge on any atom is -0.457 e. The monoisotopic (exact) mass is 632 g/mol. The Hall–Kier alpha value is -6.50. The molecule has 0 aliphatic carbocycles. The van der Waals surface area contributed by atoms with Gasteiger partial charge >= 0.3 is 0 Å². The molecule has 0 fully saturated rings. The van der Waals surface area contributed by atoms with Gasteiger partial charge in [0.05, 0.1) is 29.4 Å².